The van der Waals surface area contributed by atoms with Crippen molar-refractivity contribution in [2.45, 2.75) is 50.7 Å². The molecule has 0 aromatic carbocycles. The summed E-state index contributed by atoms with van der Waals surface area (Å²) in [6, 6.07) is 3.93. The molecule has 1 amide bonds. The van der Waals surface area contributed by atoms with E-state index in [9.17, 15) is 4.79 Å². The molecule has 1 spiro atoms. The number of rotatable bonds is 7. The number of amides is 1. The largest absolute Gasteiger partial charge is 0.468 e. The highest BCUT2D eigenvalue weighted by Crippen LogP contribution is 2.61. The second-order valence-corrected chi connectivity index (χ2v) is 7.56. The van der Waals surface area contributed by atoms with Gasteiger partial charge >= 0.3 is 0 Å². The van der Waals surface area contributed by atoms with Gasteiger partial charge in [0.1, 0.15) is 5.76 Å². The van der Waals surface area contributed by atoms with Crippen molar-refractivity contribution in [2.75, 3.05) is 12.3 Å². The molecular weight excluding hydrogens is 282 g/mol. The van der Waals surface area contributed by atoms with E-state index in [1.165, 1.54) is 32.1 Å². The summed E-state index contributed by atoms with van der Waals surface area (Å²) in [5.74, 6) is 3.66. The molecule has 0 aliphatic heterocycles. The monoisotopic (exact) mass is 307 g/mol. The predicted molar refractivity (Wildman–Crippen MR) is 86.1 cm³/mol. The van der Waals surface area contributed by atoms with Gasteiger partial charge in [-0.3, -0.25) is 4.79 Å². The Bertz CT molecular complexity index is 451. The van der Waals surface area contributed by atoms with Crippen LogP contribution in [0.25, 0.3) is 0 Å². The van der Waals surface area contributed by atoms with Crippen LogP contribution in [0.15, 0.2) is 22.8 Å². The summed E-state index contributed by atoms with van der Waals surface area (Å²) >= 11 is 1.86. The highest BCUT2D eigenvalue weighted by Gasteiger charge is 2.57. The molecule has 3 nitrogen and oxygen atoms in total. The molecule has 2 aliphatic rings. The summed E-state index contributed by atoms with van der Waals surface area (Å²) < 4.78 is 5.29. The zero-order valence-corrected chi connectivity index (χ0v) is 13.4. The second kappa shape index (κ2) is 6.91. The lowest BCUT2D eigenvalue weighted by molar-refractivity contribution is -0.123. The van der Waals surface area contributed by atoms with Gasteiger partial charge in [-0.1, -0.05) is 19.3 Å². The zero-order chi connectivity index (χ0) is 14.5. The second-order valence-electron chi connectivity index (χ2n) is 6.46. The Morgan fingerprint density at radius 1 is 1.38 bits per heavy atom. The van der Waals surface area contributed by atoms with Crippen molar-refractivity contribution >= 4 is 17.7 Å². The van der Waals surface area contributed by atoms with Crippen LogP contribution in [0, 0.1) is 11.3 Å². The minimum atomic E-state index is 0.313. The molecule has 1 aromatic heterocycles. The molecule has 2 saturated carbocycles. The molecule has 0 saturated heterocycles. The van der Waals surface area contributed by atoms with Crippen LogP contribution in [0.4, 0.5) is 0 Å². The van der Waals surface area contributed by atoms with Crippen molar-refractivity contribution in [1.29, 1.82) is 0 Å². The third-order valence-electron chi connectivity index (χ3n) is 4.94. The molecular formula is C17H25NO2S. The smallest absolute Gasteiger partial charge is 0.223 e. The first-order valence-corrected chi connectivity index (χ1v) is 9.33. The van der Waals surface area contributed by atoms with Crippen LogP contribution in [0.1, 0.15) is 50.7 Å². The van der Waals surface area contributed by atoms with Crippen LogP contribution in [-0.4, -0.2) is 18.2 Å². The zero-order valence-electron chi connectivity index (χ0n) is 12.6. The van der Waals surface area contributed by atoms with Crippen molar-refractivity contribution in [3.05, 3.63) is 24.2 Å². The summed E-state index contributed by atoms with van der Waals surface area (Å²) in [6.07, 6.45) is 10.5. The van der Waals surface area contributed by atoms with Crippen LogP contribution in [0.3, 0.4) is 0 Å². The molecule has 116 valence electrons. The number of thioether (sulfide) groups is 1. The molecule has 0 radical (unpaired) electrons. The lowest BCUT2D eigenvalue weighted by Gasteiger charge is -2.22. The lowest BCUT2D eigenvalue weighted by atomic mass is 9.84. The molecule has 1 heterocycles. The maximum absolute atomic E-state index is 12.2. The van der Waals surface area contributed by atoms with Crippen LogP contribution in [0.2, 0.25) is 0 Å². The first kappa shape index (κ1) is 15.0. The van der Waals surface area contributed by atoms with E-state index in [-0.39, 0.29) is 0 Å². The van der Waals surface area contributed by atoms with Crippen LogP contribution >= 0.6 is 11.8 Å². The van der Waals surface area contributed by atoms with Crippen molar-refractivity contribution < 1.29 is 9.21 Å². The molecule has 0 bridgehead atoms. The standard InChI is InChI=1S/C17H25NO2S/c19-16(15-12-17(15)7-2-1-3-8-17)18-9-5-11-21-13-14-6-4-10-20-14/h4,6,10,15H,1-3,5,7-9,11-13H2,(H,18,19)/t15-/m0/s1. The Morgan fingerprint density at radius 3 is 3.00 bits per heavy atom. The summed E-state index contributed by atoms with van der Waals surface area (Å²) in [5.41, 5.74) is 0.413. The van der Waals surface area contributed by atoms with Crippen LogP contribution < -0.4 is 5.32 Å². The van der Waals surface area contributed by atoms with Gasteiger partial charge in [0, 0.05) is 12.5 Å². The van der Waals surface area contributed by atoms with Gasteiger partial charge in [0.05, 0.1) is 12.0 Å². The molecule has 2 aliphatic carbocycles. The number of hydrogen-bond acceptors (Lipinski definition) is 3. The van der Waals surface area contributed by atoms with E-state index in [1.807, 2.05) is 23.9 Å². The fourth-order valence-corrected chi connectivity index (χ4v) is 4.46. The SMILES string of the molecule is O=C(NCCCSCc1ccco1)[C@@H]1CC12CCCCC2. The average Bonchev–Trinajstić information content (AvgIpc) is 2.96. The Kier molecular flexibility index (Phi) is 4.94. The van der Waals surface area contributed by atoms with Gasteiger partial charge < -0.3 is 9.73 Å². The maximum atomic E-state index is 12.2. The summed E-state index contributed by atoms with van der Waals surface area (Å²) in [6.45, 7) is 0.816. The third-order valence-corrected chi connectivity index (χ3v) is 6.01. The fraction of sp³-hybridized carbons (Fsp3) is 0.706. The van der Waals surface area contributed by atoms with Crippen molar-refractivity contribution in [1.82, 2.24) is 5.32 Å². The molecule has 1 atom stereocenters. The maximum Gasteiger partial charge on any atom is 0.223 e. The van der Waals surface area contributed by atoms with E-state index in [1.54, 1.807) is 6.26 Å². The molecule has 21 heavy (non-hydrogen) atoms. The number of carbonyl (C=O) groups excluding carboxylic acids is 1. The summed E-state index contributed by atoms with van der Waals surface area (Å²) in [4.78, 5) is 12.2. The quantitative estimate of drug-likeness (QED) is 0.775. The lowest BCUT2D eigenvalue weighted by Crippen LogP contribution is -2.29. The topological polar surface area (TPSA) is 42.2 Å². The van der Waals surface area contributed by atoms with E-state index in [2.05, 4.69) is 5.32 Å². The van der Waals surface area contributed by atoms with E-state index < -0.39 is 0 Å². The Labute approximate surface area is 131 Å². The first-order valence-electron chi connectivity index (χ1n) is 8.18. The van der Waals surface area contributed by atoms with E-state index in [0.717, 1.165) is 36.7 Å². The van der Waals surface area contributed by atoms with Gasteiger partial charge in [0.25, 0.3) is 0 Å². The molecule has 3 rings (SSSR count). The Morgan fingerprint density at radius 2 is 2.24 bits per heavy atom. The number of furan rings is 1. The summed E-state index contributed by atoms with van der Waals surface area (Å²) in [5, 5.41) is 3.13. The van der Waals surface area contributed by atoms with E-state index >= 15 is 0 Å². The Balaban J connectivity index is 1.25. The molecule has 1 aromatic rings. The molecule has 4 heteroatoms. The Hall–Kier alpha value is -0.900. The van der Waals surface area contributed by atoms with Gasteiger partial charge in [-0.15, -0.1) is 0 Å². The molecule has 1 N–H and O–H groups in total. The minimum absolute atomic E-state index is 0.313. The molecule has 0 unspecified atom stereocenters. The van der Waals surface area contributed by atoms with Gasteiger partial charge in [0.15, 0.2) is 0 Å². The fourth-order valence-electron chi connectivity index (χ4n) is 3.60. The van der Waals surface area contributed by atoms with E-state index in [0.29, 0.717) is 17.2 Å². The third kappa shape index (κ3) is 3.85. The van der Waals surface area contributed by atoms with Gasteiger partial charge in [0.2, 0.25) is 5.91 Å². The van der Waals surface area contributed by atoms with Crippen molar-refractivity contribution in [3.63, 3.8) is 0 Å². The highest BCUT2D eigenvalue weighted by atomic mass is 32.2. The van der Waals surface area contributed by atoms with Crippen LogP contribution in [0.5, 0.6) is 0 Å². The predicted octanol–water partition coefficient (Wildman–Crippen LogP) is 3.99. The van der Waals surface area contributed by atoms with Gasteiger partial charge in [-0.2, -0.15) is 11.8 Å². The number of nitrogens with one attached hydrogen (secondary N) is 1. The summed E-state index contributed by atoms with van der Waals surface area (Å²) in [7, 11) is 0. The van der Waals surface area contributed by atoms with Gasteiger partial charge in [-0.05, 0) is 49.0 Å². The van der Waals surface area contributed by atoms with Crippen LogP contribution in [-0.2, 0) is 10.5 Å². The average molecular weight is 307 g/mol. The normalized spacial score (nSPS) is 23.1. The molecule has 2 fully saturated rings. The highest BCUT2D eigenvalue weighted by molar-refractivity contribution is 7.98. The van der Waals surface area contributed by atoms with E-state index in [4.69, 9.17) is 4.42 Å². The number of hydrogen-bond donors (Lipinski definition) is 1. The van der Waals surface area contributed by atoms with Crippen molar-refractivity contribution in [2.24, 2.45) is 11.3 Å². The minimum Gasteiger partial charge on any atom is -0.468 e. The van der Waals surface area contributed by atoms with Crippen molar-refractivity contribution in [3.8, 4) is 0 Å². The first-order chi connectivity index (χ1) is 10.3. The number of carbonyl (C=O) groups is 1. The van der Waals surface area contributed by atoms with Gasteiger partial charge in [-0.25, -0.2) is 0 Å².